The highest BCUT2D eigenvalue weighted by atomic mass is 32.1. The van der Waals surface area contributed by atoms with Gasteiger partial charge in [-0.2, -0.15) is 0 Å². The number of thiazole rings is 1. The normalized spacial score (nSPS) is 12.3. The minimum atomic E-state index is 0.413. The third-order valence-electron chi connectivity index (χ3n) is 3.04. The van der Waals surface area contributed by atoms with Gasteiger partial charge in [0.15, 0.2) is 0 Å². The molecule has 0 aliphatic heterocycles. The highest BCUT2D eigenvalue weighted by Gasteiger charge is 2.09. The Labute approximate surface area is 118 Å². The molecule has 0 fully saturated rings. The first-order chi connectivity index (χ1) is 9.28. The molecule has 0 spiro atoms. The fourth-order valence-corrected chi connectivity index (χ4v) is 2.64. The first-order valence-corrected chi connectivity index (χ1v) is 7.41. The van der Waals surface area contributed by atoms with E-state index in [-0.39, 0.29) is 0 Å². The van der Waals surface area contributed by atoms with Gasteiger partial charge in [-0.25, -0.2) is 4.98 Å². The summed E-state index contributed by atoms with van der Waals surface area (Å²) in [5, 5.41) is 6.52. The number of nitrogens with one attached hydrogen (secondary N) is 1. The second kappa shape index (κ2) is 7.26. The fourth-order valence-electron chi connectivity index (χ4n) is 1.94. The van der Waals surface area contributed by atoms with Crippen molar-refractivity contribution in [1.82, 2.24) is 10.3 Å². The van der Waals surface area contributed by atoms with Gasteiger partial charge in [0.25, 0.3) is 0 Å². The van der Waals surface area contributed by atoms with Crippen molar-refractivity contribution in [3.63, 3.8) is 0 Å². The van der Waals surface area contributed by atoms with Crippen LogP contribution in [-0.4, -0.2) is 24.7 Å². The average Bonchev–Trinajstić information content (AvgIpc) is 2.90. The lowest BCUT2D eigenvalue weighted by atomic mass is 10.1. The van der Waals surface area contributed by atoms with Crippen molar-refractivity contribution >= 4 is 11.3 Å². The van der Waals surface area contributed by atoms with Crippen LogP contribution < -0.4 is 10.1 Å². The van der Waals surface area contributed by atoms with E-state index in [0.29, 0.717) is 6.04 Å². The maximum Gasteiger partial charge on any atom is 0.119 e. The smallest absolute Gasteiger partial charge is 0.119 e. The Bertz CT molecular complexity index is 485. The van der Waals surface area contributed by atoms with E-state index in [1.165, 1.54) is 10.6 Å². The number of nitrogens with zero attached hydrogens (tertiary/aromatic N) is 1. The Morgan fingerprint density at radius 2 is 2.32 bits per heavy atom. The van der Waals surface area contributed by atoms with Crippen molar-refractivity contribution in [2.24, 2.45) is 0 Å². The van der Waals surface area contributed by atoms with Crippen molar-refractivity contribution in [3.05, 3.63) is 46.4 Å². The molecule has 1 unspecified atom stereocenters. The fraction of sp³-hybridized carbons (Fsp3) is 0.400. The summed E-state index contributed by atoms with van der Waals surface area (Å²) in [5.41, 5.74) is 1.23. The number of benzene rings is 1. The molecule has 0 bridgehead atoms. The average molecular weight is 276 g/mol. The van der Waals surface area contributed by atoms with Crippen LogP contribution in [0.1, 0.15) is 17.0 Å². The Morgan fingerprint density at radius 3 is 3.00 bits per heavy atom. The van der Waals surface area contributed by atoms with Crippen LogP contribution in [0.2, 0.25) is 0 Å². The highest BCUT2D eigenvalue weighted by Crippen LogP contribution is 2.14. The van der Waals surface area contributed by atoms with Gasteiger partial charge in [-0.05, 0) is 38.1 Å². The number of ether oxygens (including phenoxy) is 1. The lowest BCUT2D eigenvalue weighted by molar-refractivity contribution is 0.288. The number of likely N-dealkylation sites (N-methyl/N-ethyl adjacent to an activating group) is 1. The highest BCUT2D eigenvalue weighted by molar-refractivity contribution is 7.09. The predicted octanol–water partition coefficient (Wildman–Crippen LogP) is 3.05. The molecule has 19 heavy (non-hydrogen) atoms. The molecule has 0 aliphatic carbocycles. The zero-order chi connectivity index (χ0) is 13.5. The van der Waals surface area contributed by atoms with E-state index in [0.717, 1.165) is 25.2 Å². The van der Waals surface area contributed by atoms with Crippen LogP contribution in [0.5, 0.6) is 5.75 Å². The molecule has 0 radical (unpaired) electrons. The topological polar surface area (TPSA) is 34.1 Å². The molecule has 1 atom stereocenters. The minimum Gasteiger partial charge on any atom is -0.494 e. The number of rotatable bonds is 7. The van der Waals surface area contributed by atoms with Gasteiger partial charge in [-0.3, -0.25) is 0 Å². The van der Waals surface area contributed by atoms with Gasteiger partial charge in [-0.15, -0.1) is 11.3 Å². The molecule has 0 saturated heterocycles. The number of hydrogen-bond acceptors (Lipinski definition) is 4. The molecule has 102 valence electrons. The van der Waals surface area contributed by atoms with E-state index < -0.39 is 0 Å². The second-order valence-corrected chi connectivity index (χ2v) is 5.55. The number of hydrogen-bond donors (Lipinski definition) is 1. The standard InChI is InChI=1S/C15H20N2OS/c1-12-4-3-5-14(10-12)18-8-6-13(16-2)11-15-17-7-9-19-15/h3-5,7,9-10,13,16H,6,8,11H2,1-2H3. The Morgan fingerprint density at radius 1 is 1.42 bits per heavy atom. The van der Waals surface area contributed by atoms with Crippen LogP contribution in [0, 0.1) is 6.92 Å². The van der Waals surface area contributed by atoms with Gasteiger partial charge in [0.05, 0.1) is 11.6 Å². The zero-order valence-electron chi connectivity index (χ0n) is 11.4. The number of aryl methyl sites for hydroxylation is 1. The van der Waals surface area contributed by atoms with Crippen molar-refractivity contribution in [3.8, 4) is 5.75 Å². The summed E-state index contributed by atoms with van der Waals surface area (Å²) in [6.07, 6.45) is 3.80. The summed E-state index contributed by atoms with van der Waals surface area (Å²) in [7, 11) is 1.99. The van der Waals surface area contributed by atoms with Gasteiger partial charge in [-0.1, -0.05) is 12.1 Å². The molecular weight excluding hydrogens is 256 g/mol. The van der Waals surface area contributed by atoms with Gasteiger partial charge in [0.2, 0.25) is 0 Å². The van der Waals surface area contributed by atoms with Crippen LogP contribution in [0.4, 0.5) is 0 Å². The predicted molar refractivity (Wildman–Crippen MR) is 80.0 cm³/mol. The van der Waals surface area contributed by atoms with Gasteiger partial charge in [0, 0.05) is 24.0 Å². The maximum atomic E-state index is 5.78. The van der Waals surface area contributed by atoms with Gasteiger partial charge < -0.3 is 10.1 Å². The molecule has 1 heterocycles. The summed E-state index contributed by atoms with van der Waals surface area (Å²) in [4.78, 5) is 4.32. The van der Waals surface area contributed by atoms with Crippen LogP contribution in [0.3, 0.4) is 0 Å². The van der Waals surface area contributed by atoms with Crippen molar-refractivity contribution in [2.45, 2.75) is 25.8 Å². The van der Waals surface area contributed by atoms with Crippen molar-refractivity contribution in [2.75, 3.05) is 13.7 Å². The van der Waals surface area contributed by atoms with E-state index in [4.69, 9.17) is 4.74 Å². The summed E-state index contributed by atoms with van der Waals surface area (Å²) in [6.45, 7) is 2.80. The third kappa shape index (κ3) is 4.65. The molecule has 2 aromatic rings. The molecule has 3 nitrogen and oxygen atoms in total. The SMILES string of the molecule is CNC(CCOc1cccc(C)c1)Cc1nccs1. The minimum absolute atomic E-state index is 0.413. The Balaban J connectivity index is 1.77. The van der Waals surface area contributed by atoms with E-state index in [2.05, 4.69) is 29.4 Å². The summed E-state index contributed by atoms with van der Waals surface area (Å²) in [5.74, 6) is 0.948. The molecule has 1 aromatic heterocycles. The van der Waals surface area contributed by atoms with Crippen LogP contribution in [0.25, 0.3) is 0 Å². The first-order valence-electron chi connectivity index (χ1n) is 6.53. The zero-order valence-corrected chi connectivity index (χ0v) is 12.2. The summed E-state index contributed by atoms with van der Waals surface area (Å²) in [6, 6.07) is 8.58. The Hall–Kier alpha value is -1.39. The monoisotopic (exact) mass is 276 g/mol. The molecule has 4 heteroatoms. The van der Waals surface area contributed by atoms with Crippen molar-refractivity contribution in [1.29, 1.82) is 0 Å². The van der Waals surface area contributed by atoms with Crippen LogP contribution in [0.15, 0.2) is 35.8 Å². The van der Waals surface area contributed by atoms with Gasteiger partial charge >= 0.3 is 0 Å². The molecular formula is C15H20N2OS. The van der Waals surface area contributed by atoms with Crippen molar-refractivity contribution < 1.29 is 4.74 Å². The molecule has 0 saturated carbocycles. The molecule has 2 rings (SSSR count). The summed E-state index contributed by atoms with van der Waals surface area (Å²) >= 11 is 1.71. The maximum absolute atomic E-state index is 5.78. The quantitative estimate of drug-likeness (QED) is 0.844. The van der Waals surface area contributed by atoms with E-state index >= 15 is 0 Å². The van der Waals surface area contributed by atoms with Crippen LogP contribution >= 0.6 is 11.3 Å². The molecule has 0 amide bonds. The molecule has 0 aliphatic rings. The van der Waals surface area contributed by atoms with E-state index in [9.17, 15) is 0 Å². The van der Waals surface area contributed by atoms with E-state index in [1.54, 1.807) is 11.3 Å². The third-order valence-corrected chi connectivity index (χ3v) is 3.84. The van der Waals surface area contributed by atoms with E-state index in [1.807, 2.05) is 30.8 Å². The Kier molecular flexibility index (Phi) is 5.36. The lowest BCUT2D eigenvalue weighted by Crippen LogP contribution is -2.29. The van der Waals surface area contributed by atoms with Crippen LogP contribution in [-0.2, 0) is 6.42 Å². The molecule has 1 aromatic carbocycles. The second-order valence-electron chi connectivity index (χ2n) is 4.57. The largest absolute Gasteiger partial charge is 0.494 e. The summed E-state index contributed by atoms with van der Waals surface area (Å²) < 4.78 is 5.78. The van der Waals surface area contributed by atoms with Gasteiger partial charge in [0.1, 0.15) is 5.75 Å². The first kappa shape index (κ1) is 14.0. The lowest BCUT2D eigenvalue weighted by Gasteiger charge is -2.15. The number of aromatic nitrogens is 1. The molecule has 1 N–H and O–H groups in total.